The smallest absolute Gasteiger partial charge is 0.254 e. The summed E-state index contributed by atoms with van der Waals surface area (Å²) in [6.45, 7) is 4.32. The van der Waals surface area contributed by atoms with Gasteiger partial charge in [-0.3, -0.25) is 9.59 Å². The fraction of sp³-hybridized carbons (Fsp3) is 0.226. The summed E-state index contributed by atoms with van der Waals surface area (Å²) in [7, 11) is 0. The monoisotopic (exact) mass is 539 g/mol. The van der Waals surface area contributed by atoms with Crippen molar-refractivity contribution in [3.05, 3.63) is 113 Å². The SMILES string of the molecule is C[C@H](c1ccccc1)N(CC(=O)N1CCN(c2ccc(-c3ccccc3)nn2)CC1)C(=O)c1ccc(Cl)cc1. The van der Waals surface area contributed by atoms with Crippen LogP contribution < -0.4 is 4.90 Å². The number of benzene rings is 3. The van der Waals surface area contributed by atoms with Crippen molar-refractivity contribution in [3.63, 3.8) is 0 Å². The highest BCUT2D eigenvalue weighted by atomic mass is 35.5. The van der Waals surface area contributed by atoms with Crippen LogP contribution in [0.3, 0.4) is 0 Å². The number of hydrogen-bond donors (Lipinski definition) is 0. The minimum Gasteiger partial charge on any atom is -0.352 e. The molecular weight excluding hydrogens is 510 g/mol. The number of rotatable bonds is 7. The van der Waals surface area contributed by atoms with E-state index in [2.05, 4.69) is 15.1 Å². The first kappa shape index (κ1) is 26.4. The number of hydrogen-bond acceptors (Lipinski definition) is 5. The van der Waals surface area contributed by atoms with Crippen molar-refractivity contribution in [1.82, 2.24) is 20.0 Å². The lowest BCUT2D eigenvalue weighted by molar-refractivity contribution is -0.132. The number of anilines is 1. The summed E-state index contributed by atoms with van der Waals surface area (Å²) in [6.07, 6.45) is 0. The molecule has 2 heterocycles. The van der Waals surface area contributed by atoms with Crippen LogP contribution >= 0.6 is 11.6 Å². The van der Waals surface area contributed by atoms with Crippen molar-refractivity contribution < 1.29 is 9.59 Å². The number of aromatic nitrogens is 2. The molecule has 2 amide bonds. The first-order chi connectivity index (χ1) is 19.0. The molecule has 198 valence electrons. The summed E-state index contributed by atoms with van der Waals surface area (Å²) >= 11 is 6.03. The molecule has 0 spiro atoms. The van der Waals surface area contributed by atoms with Gasteiger partial charge in [0.05, 0.1) is 11.7 Å². The molecule has 0 aliphatic carbocycles. The Labute approximate surface area is 233 Å². The second-order valence-corrected chi connectivity index (χ2v) is 9.97. The maximum atomic E-state index is 13.5. The lowest BCUT2D eigenvalue weighted by Crippen LogP contribution is -2.52. The van der Waals surface area contributed by atoms with Gasteiger partial charge in [-0.1, -0.05) is 72.3 Å². The van der Waals surface area contributed by atoms with Crippen LogP contribution in [0.25, 0.3) is 11.3 Å². The van der Waals surface area contributed by atoms with Crippen molar-refractivity contribution in [2.45, 2.75) is 13.0 Å². The van der Waals surface area contributed by atoms with E-state index in [4.69, 9.17) is 11.6 Å². The van der Waals surface area contributed by atoms with Gasteiger partial charge in [0.2, 0.25) is 5.91 Å². The lowest BCUT2D eigenvalue weighted by Gasteiger charge is -2.37. The maximum absolute atomic E-state index is 13.5. The highest BCUT2D eigenvalue weighted by Gasteiger charge is 2.29. The lowest BCUT2D eigenvalue weighted by atomic mass is 10.1. The molecule has 4 aromatic rings. The fourth-order valence-corrected chi connectivity index (χ4v) is 4.87. The molecule has 1 fully saturated rings. The third kappa shape index (κ3) is 6.26. The molecule has 0 N–H and O–H groups in total. The molecule has 1 saturated heterocycles. The number of amides is 2. The molecule has 0 radical (unpaired) electrons. The number of carbonyl (C=O) groups is 2. The Bertz CT molecular complexity index is 1390. The van der Waals surface area contributed by atoms with E-state index in [9.17, 15) is 9.59 Å². The molecule has 5 rings (SSSR count). The largest absolute Gasteiger partial charge is 0.352 e. The normalized spacial score (nSPS) is 14.1. The zero-order chi connectivity index (χ0) is 27.2. The molecule has 1 aliphatic rings. The van der Waals surface area contributed by atoms with Crippen molar-refractivity contribution in [2.75, 3.05) is 37.6 Å². The summed E-state index contributed by atoms with van der Waals surface area (Å²) in [5.74, 6) is 0.507. The Hall–Kier alpha value is -4.23. The zero-order valence-corrected chi connectivity index (χ0v) is 22.5. The van der Waals surface area contributed by atoms with Gasteiger partial charge in [-0.05, 0) is 48.9 Å². The minimum atomic E-state index is -0.280. The molecule has 1 atom stereocenters. The van der Waals surface area contributed by atoms with E-state index in [1.807, 2.05) is 84.6 Å². The predicted octanol–water partition coefficient (Wildman–Crippen LogP) is 5.35. The predicted molar refractivity (Wildman–Crippen MR) is 154 cm³/mol. The van der Waals surface area contributed by atoms with Gasteiger partial charge in [0, 0.05) is 42.3 Å². The summed E-state index contributed by atoms with van der Waals surface area (Å²) in [4.78, 5) is 32.6. The van der Waals surface area contributed by atoms with Gasteiger partial charge in [0.15, 0.2) is 5.82 Å². The molecular formula is C31H30ClN5O2. The van der Waals surface area contributed by atoms with Gasteiger partial charge in [-0.15, -0.1) is 10.2 Å². The topological polar surface area (TPSA) is 69.6 Å². The Morgan fingerprint density at radius 2 is 1.46 bits per heavy atom. The van der Waals surface area contributed by atoms with Gasteiger partial charge in [0.25, 0.3) is 5.91 Å². The third-order valence-electron chi connectivity index (χ3n) is 7.08. The second-order valence-electron chi connectivity index (χ2n) is 9.54. The van der Waals surface area contributed by atoms with E-state index in [1.165, 1.54) is 0 Å². The summed E-state index contributed by atoms with van der Waals surface area (Å²) < 4.78 is 0. The van der Waals surface area contributed by atoms with Crippen molar-refractivity contribution in [2.24, 2.45) is 0 Å². The van der Waals surface area contributed by atoms with E-state index in [1.54, 1.807) is 29.2 Å². The van der Waals surface area contributed by atoms with Gasteiger partial charge in [0.1, 0.15) is 6.54 Å². The minimum absolute atomic E-state index is 0.0108. The van der Waals surface area contributed by atoms with E-state index in [0.29, 0.717) is 36.8 Å². The third-order valence-corrected chi connectivity index (χ3v) is 7.34. The van der Waals surface area contributed by atoms with Crippen LogP contribution in [0.15, 0.2) is 97.1 Å². The van der Waals surface area contributed by atoms with Crippen molar-refractivity contribution in [3.8, 4) is 11.3 Å². The Balaban J connectivity index is 1.25. The molecule has 0 saturated carbocycles. The number of carbonyl (C=O) groups excluding carboxylic acids is 2. The molecule has 1 aliphatic heterocycles. The summed E-state index contributed by atoms with van der Waals surface area (Å²) in [5.41, 5.74) is 3.31. The number of nitrogens with zero attached hydrogens (tertiary/aromatic N) is 5. The first-order valence-corrected chi connectivity index (χ1v) is 13.4. The second kappa shape index (κ2) is 12.1. The van der Waals surface area contributed by atoms with Crippen molar-refractivity contribution >= 4 is 29.2 Å². The maximum Gasteiger partial charge on any atom is 0.254 e. The van der Waals surface area contributed by atoms with Crippen LogP contribution in [0.1, 0.15) is 28.9 Å². The van der Waals surface area contributed by atoms with Gasteiger partial charge >= 0.3 is 0 Å². The van der Waals surface area contributed by atoms with Crippen LogP contribution in [0.2, 0.25) is 5.02 Å². The zero-order valence-electron chi connectivity index (χ0n) is 21.8. The van der Waals surface area contributed by atoms with Crippen LogP contribution in [0.5, 0.6) is 0 Å². The quantitative estimate of drug-likeness (QED) is 0.317. The van der Waals surface area contributed by atoms with E-state index in [-0.39, 0.29) is 24.4 Å². The number of piperazine rings is 1. The van der Waals surface area contributed by atoms with Crippen LogP contribution in [-0.2, 0) is 4.79 Å². The Morgan fingerprint density at radius 1 is 0.821 bits per heavy atom. The molecule has 3 aromatic carbocycles. The molecule has 0 bridgehead atoms. The van der Waals surface area contributed by atoms with Crippen molar-refractivity contribution in [1.29, 1.82) is 0 Å². The summed E-state index contributed by atoms with van der Waals surface area (Å²) in [6, 6.07) is 30.1. The molecule has 39 heavy (non-hydrogen) atoms. The van der Waals surface area contributed by atoms with Crippen LogP contribution in [0, 0.1) is 0 Å². The Kier molecular flexibility index (Phi) is 8.18. The molecule has 0 unspecified atom stereocenters. The number of halogens is 1. The van der Waals surface area contributed by atoms with Gasteiger partial charge in [-0.25, -0.2) is 0 Å². The standard InChI is InChI=1S/C31H30ClN5O2/c1-23(24-8-4-2-5-9-24)37(31(39)26-12-14-27(32)15-13-26)22-30(38)36-20-18-35(19-21-36)29-17-16-28(33-34-29)25-10-6-3-7-11-25/h2-17,23H,18-22H2,1H3/t23-/m1/s1. The first-order valence-electron chi connectivity index (χ1n) is 13.0. The Morgan fingerprint density at radius 3 is 2.08 bits per heavy atom. The average molecular weight is 540 g/mol. The van der Waals surface area contributed by atoms with Crippen LogP contribution in [0.4, 0.5) is 5.82 Å². The van der Waals surface area contributed by atoms with Gasteiger partial charge in [-0.2, -0.15) is 0 Å². The molecule has 7 nitrogen and oxygen atoms in total. The summed E-state index contributed by atoms with van der Waals surface area (Å²) in [5, 5.41) is 9.38. The average Bonchev–Trinajstić information content (AvgIpc) is 3.00. The van der Waals surface area contributed by atoms with E-state index >= 15 is 0 Å². The fourth-order valence-electron chi connectivity index (χ4n) is 4.74. The van der Waals surface area contributed by atoms with Gasteiger partial charge < -0.3 is 14.7 Å². The van der Waals surface area contributed by atoms with E-state index in [0.717, 1.165) is 22.6 Å². The highest BCUT2D eigenvalue weighted by Crippen LogP contribution is 2.24. The molecule has 1 aromatic heterocycles. The van der Waals surface area contributed by atoms with Crippen LogP contribution in [-0.4, -0.2) is 64.5 Å². The highest BCUT2D eigenvalue weighted by molar-refractivity contribution is 6.30. The molecule has 8 heteroatoms. The van der Waals surface area contributed by atoms with E-state index < -0.39 is 0 Å².